The first-order valence-electron chi connectivity index (χ1n) is 7.87. The van der Waals surface area contributed by atoms with Gasteiger partial charge in [-0.05, 0) is 44.0 Å². The number of nitrogens with two attached hydrogens (primary N) is 1. The fourth-order valence-electron chi connectivity index (χ4n) is 2.94. The number of carbonyl (C=O) groups excluding carboxylic acids is 1. The molecule has 2 unspecified atom stereocenters. The summed E-state index contributed by atoms with van der Waals surface area (Å²) >= 11 is 0. The van der Waals surface area contributed by atoms with Crippen molar-refractivity contribution in [2.24, 2.45) is 11.7 Å². The molecule has 5 nitrogen and oxygen atoms in total. The van der Waals surface area contributed by atoms with Crippen LogP contribution in [0.15, 0.2) is 48.7 Å². The van der Waals surface area contributed by atoms with Gasteiger partial charge in [-0.2, -0.15) is 0 Å². The standard InChI is InChI=1S/C18H21N3O2.2ClH/c1-13-9-14(10-19)12-21(13)18(22)15-7-8-17(20-11-15)23-16-5-3-2-4-6-16;;/h2-8,11,13-14H,9-10,12,19H2,1H3;2*1H. The lowest BCUT2D eigenvalue weighted by molar-refractivity contribution is 0.0743. The van der Waals surface area contributed by atoms with Gasteiger partial charge in [0.2, 0.25) is 5.88 Å². The summed E-state index contributed by atoms with van der Waals surface area (Å²) in [7, 11) is 0. The summed E-state index contributed by atoms with van der Waals surface area (Å²) in [6.07, 6.45) is 2.54. The van der Waals surface area contributed by atoms with Gasteiger partial charge in [-0.3, -0.25) is 4.79 Å². The first-order valence-corrected chi connectivity index (χ1v) is 7.87. The van der Waals surface area contributed by atoms with Gasteiger partial charge in [0.15, 0.2) is 0 Å². The Bertz CT molecular complexity index is 668. The minimum absolute atomic E-state index is 0. The molecule has 0 radical (unpaired) electrons. The third-order valence-corrected chi connectivity index (χ3v) is 4.20. The molecule has 1 saturated heterocycles. The van der Waals surface area contributed by atoms with Crippen molar-refractivity contribution in [3.63, 3.8) is 0 Å². The van der Waals surface area contributed by atoms with Crippen molar-refractivity contribution in [3.8, 4) is 11.6 Å². The van der Waals surface area contributed by atoms with E-state index in [0.29, 0.717) is 23.9 Å². The summed E-state index contributed by atoms with van der Waals surface area (Å²) in [5, 5.41) is 0. The summed E-state index contributed by atoms with van der Waals surface area (Å²) in [5.74, 6) is 1.59. The van der Waals surface area contributed by atoms with Gasteiger partial charge in [0, 0.05) is 24.8 Å². The van der Waals surface area contributed by atoms with Crippen molar-refractivity contribution < 1.29 is 9.53 Å². The van der Waals surface area contributed by atoms with E-state index in [1.807, 2.05) is 35.2 Å². The van der Waals surface area contributed by atoms with Crippen molar-refractivity contribution in [3.05, 3.63) is 54.2 Å². The van der Waals surface area contributed by atoms with Gasteiger partial charge >= 0.3 is 0 Å². The van der Waals surface area contributed by atoms with E-state index < -0.39 is 0 Å². The number of para-hydroxylation sites is 1. The summed E-state index contributed by atoms with van der Waals surface area (Å²) in [5.41, 5.74) is 6.30. The number of amides is 1. The molecule has 1 amide bonds. The predicted octanol–water partition coefficient (Wildman–Crippen LogP) is 3.53. The molecule has 1 fully saturated rings. The fraction of sp³-hybridized carbons (Fsp3) is 0.333. The summed E-state index contributed by atoms with van der Waals surface area (Å²) in [4.78, 5) is 18.7. The zero-order valence-electron chi connectivity index (χ0n) is 14.0. The second-order valence-corrected chi connectivity index (χ2v) is 5.94. The first kappa shape index (κ1) is 21.2. The Morgan fingerprint density at radius 2 is 1.96 bits per heavy atom. The molecule has 2 heterocycles. The number of carbonyl (C=O) groups is 1. The number of benzene rings is 1. The zero-order chi connectivity index (χ0) is 16.2. The van der Waals surface area contributed by atoms with Crippen molar-refractivity contribution in [1.82, 2.24) is 9.88 Å². The number of halogens is 2. The summed E-state index contributed by atoms with van der Waals surface area (Å²) in [6, 6.07) is 13.1. The number of aromatic nitrogens is 1. The van der Waals surface area contributed by atoms with Crippen molar-refractivity contribution in [2.75, 3.05) is 13.1 Å². The van der Waals surface area contributed by atoms with Crippen molar-refractivity contribution in [2.45, 2.75) is 19.4 Å². The predicted molar refractivity (Wildman–Crippen MR) is 103 cm³/mol. The second kappa shape index (κ2) is 9.61. The van der Waals surface area contributed by atoms with Crippen LogP contribution in [-0.4, -0.2) is 34.9 Å². The van der Waals surface area contributed by atoms with Crippen LogP contribution in [-0.2, 0) is 0 Å². The average molecular weight is 384 g/mol. The Morgan fingerprint density at radius 3 is 2.52 bits per heavy atom. The van der Waals surface area contributed by atoms with Gasteiger partial charge in [-0.1, -0.05) is 18.2 Å². The molecule has 0 saturated carbocycles. The van der Waals surface area contributed by atoms with Crippen LogP contribution in [0.25, 0.3) is 0 Å². The normalized spacial score (nSPS) is 18.9. The Labute approximate surface area is 160 Å². The molecule has 1 aromatic heterocycles. The van der Waals surface area contributed by atoms with Gasteiger partial charge in [0.25, 0.3) is 5.91 Å². The van der Waals surface area contributed by atoms with Crippen LogP contribution < -0.4 is 10.5 Å². The summed E-state index contributed by atoms with van der Waals surface area (Å²) < 4.78 is 5.64. The number of hydrogen-bond acceptors (Lipinski definition) is 4. The van der Waals surface area contributed by atoms with Crippen LogP contribution in [0, 0.1) is 5.92 Å². The Hall–Kier alpha value is -1.82. The Morgan fingerprint density at radius 1 is 1.24 bits per heavy atom. The van der Waals surface area contributed by atoms with Crippen LogP contribution in [0.5, 0.6) is 11.6 Å². The van der Waals surface area contributed by atoms with Gasteiger partial charge in [-0.25, -0.2) is 4.98 Å². The molecule has 3 rings (SSSR count). The minimum Gasteiger partial charge on any atom is -0.439 e. The van der Waals surface area contributed by atoms with E-state index in [9.17, 15) is 4.79 Å². The van der Waals surface area contributed by atoms with Gasteiger partial charge in [-0.15, -0.1) is 24.8 Å². The lowest BCUT2D eigenvalue weighted by Gasteiger charge is -2.21. The fourth-order valence-corrected chi connectivity index (χ4v) is 2.94. The SMILES string of the molecule is CC1CC(CN)CN1C(=O)c1ccc(Oc2ccccc2)nc1.Cl.Cl. The third kappa shape index (κ3) is 5.08. The topological polar surface area (TPSA) is 68.5 Å². The Balaban J connectivity index is 0.00000156. The monoisotopic (exact) mass is 383 g/mol. The van der Waals surface area contributed by atoms with Gasteiger partial charge in [0.1, 0.15) is 5.75 Å². The van der Waals surface area contributed by atoms with Crippen molar-refractivity contribution >= 4 is 30.7 Å². The smallest absolute Gasteiger partial charge is 0.255 e. The molecular weight excluding hydrogens is 361 g/mol. The molecule has 1 aliphatic rings. The molecular formula is C18H23Cl2N3O2. The number of nitrogens with zero attached hydrogens (tertiary/aromatic N) is 2. The van der Waals surface area contributed by atoms with Crippen molar-refractivity contribution in [1.29, 1.82) is 0 Å². The highest BCUT2D eigenvalue weighted by molar-refractivity contribution is 5.94. The van der Waals surface area contributed by atoms with Gasteiger partial charge in [0.05, 0.1) is 5.56 Å². The average Bonchev–Trinajstić information content (AvgIpc) is 2.97. The Kier molecular flexibility index (Phi) is 8.16. The maximum absolute atomic E-state index is 12.6. The quantitative estimate of drug-likeness (QED) is 0.876. The first-order chi connectivity index (χ1) is 11.2. The lowest BCUT2D eigenvalue weighted by atomic mass is 10.1. The number of likely N-dealkylation sites (tertiary alicyclic amines) is 1. The second-order valence-electron chi connectivity index (χ2n) is 5.94. The highest BCUT2D eigenvalue weighted by Crippen LogP contribution is 2.25. The van der Waals surface area contributed by atoms with E-state index in [1.54, 1.807) is 18.3 Å². The van der Waals surface area contributed by atoms with Crippen LogP contribution in [0.4, 0.5) is 0 Å². The van der Waals surface area contributed by atoms with E-state index >= 15 is 0 Å². The van der Waals surface area contributed by atoms with E-state index in [-0.39, 0.29) is 36.8 Å². The van der Waals surface area contributed by atoms with E-state index in [2.05, 4.69) is 11.9 Å². The highest BCUT2D eigenvalue weighted by Gasteiger charge is 2.32. The molecule has 0 bridgehead atoms. The van der Waals surface area contributed by atoms with E-state index in [1.165, 1.54) is 0 Å². The largest absolute Gasteiger partial charge is 0.439 e. The van der Waals surface area contributed by atoms with Crippen LogP contribution >= 0.6 is 24.8 Å². The molecule has 7 heteroatoms. The summed E-state index contributed by atoms with van der Waals surface area (Å²) in [6.45, 7) is 3.41. The van der Waals surface area contributed by atoms with Crippen LogP contribution in [0.1, 0.15) is 23.7 Å². The van der Waals surface area contributed by atoms with Gasteiger partial charge < -0.3 is 15.4 Å². The lowest BCUT2D eigenvalue weighted by Crippen LogP contribution is -2.34. The molecule has 25 heavy (non-hydrogen) atoms. The molecule has 2 atom stereocenters. The molecule has 1 aromatic carbocycles. The maximum Gasteiger partial charge on any atom is 0.255 e. The maximum atomic E-state index is 12.6. The number of ether oxygens (including phenoxy) is 1. The third-order valence-electron chi connectivity index (χ3n) is 4.20. The number of rotatable bonds is 4. The molecule has 0 aliphatic carbocycles. The molecule has 2 aromatic rings. The number of pyridine rings is 1. The minimum atomic E-state index is 0. The van der Waals surface area contributed by atoms with E-state index in [0.717, 1.165) is 18.7 Å². The molecule has 0 spiro atoms. The highest BCUT2D eigenvalue weighted by atomic mass is 35.5. The van der Waals surface area contributed by atoms with E-state index in [4.69, 9.17) is 10.5 Å². The van der Waals surface area contributed by atoms with Crippen LogP contribution in [0.2, 0.25) is 0 Å². The number of hydrogen-bond donors (Lipinski definition) is 1. The van der Waals surface area contributed by atoms with Crippen LogP contribution in [0.3, 0.4) is 0 Å². The zero-order valence-corrected chi connectivity index (χ0v) is 15.6. The molecule has 136 valence electrons. The molecule has 1 aliphatic heterocycles. The molecule has 2 N–H and O–H groups in total.